The Labute approximate surface area is 231 Å². The van der Waals surface area contributed by atoms with Crippen LogP contribution in [0.15, 0.2) is 72.8 Å². The number of ether oxygens (including phenoxy) is 1. The maximum Gasteiger partial charge on any atom is 0.268 e. The maximum atomic E-state index is 12.7. The molecule has 9 heteroatoms. The first-order valence-corrected chi connectivity index (χ1v) is 14.8. The van der Waals surface area contributed by atoms with Gasteiger partial charge in [-0.15, -0.1) is 0 Å². The monoisotopic (exact) mass is 554 g/mol. The third-order valence-corrected chi connectivity index (χ3v) is 7.51. The summed E-state index contributed by atoms with van der Waals surface area (Å²) < 4.78 is 32.2. The molecular weight excluding hydrogens is 516 g/mol. The van der Waals surface area contributed by atoms with Crippen LogP contribution in [0.4, 0.5) is 0 Å². The molecule has 2 atom stereocenters. The van der Waals surface area contributed by atoms with Crippen LogP contribution < -0.4 is 14.8 Å². The van der Waals surface area contributed by atoms with E-state index in [4.69, 9.17) is 9.84 Å². The van der Waals surface area contributed by atoms with Gasteiger partial charge in [0.05, 0.1) is 23.5 Å². The Kier molecular flexibility index (Phi) is 11.1. The highest BCUT2D eigenvalue weighted by molar-refractivity contribution is 7.90. The van der Waals surface area contributed by atoms with Gasteiger partial charge in [0.1, 0.15) is 5.75 Å². The number of hydrogen-bond acceptors (Lipinski definition) is 7. The number of hydrogen-bond donors (Lipinski definition) is 4. The lowest BCUT2D eigenvalue weighted by Crippen LogP contribution is -2.33. The molecule has 1 amide bonds. The van der Waals surface area contributed by atoms with Crippen LogP contribution >= 0.6 is 0 Å². The second kappa shape index (κ2) is 14.2. The Morgan fingerprint density at radius 2 is 1.62 bits per heavy atom. The average molecular weight is 555 g/mol. The first-order chi connectivity index (χ1) is 18.6. The molecule has 0 spiro atoms. The van der Waals surface area contributed by atoms with E-state index in [-0.39, 0.29) is 42.2 Å². The molecule has 0 radical (unpaired) electrons. The largest absolute Gasteiger partial charge is 0.490 e. The van der Waals surface area contributed by atoms with Crippen molar-refractivity contribution in [2.45, 2.75) is 51.9 Å². The van der Waals surface area contributed by atoms with Crippen LogP contribution in [0, 0.1) is 0 Å². The van der Waals surface area contributed by atoms with E-state index in [2.05, 4.69) is 10.0 Å². The van der Waals surface area contributed by atoms with Crippen LogP contribution in [-0.2, 0) is 16.4 Å². The van der Waals surface area contributed by atoms with Gasteiger partial charge >= 0.3 is 0 Å². The zero-order chi connectivity index (χ0) is 28.4. The van der Waals surface area contributed by atoms with E-state index in [1.54, 1.807) is 18.2 Å². The van der Waals surface area contributed by atoms with Gasteiger partial charge in [-0.3, -0.25) is 4.79 Å². The molecular formula is C30H38N2O6S. The van der Waals surface area contributed by atoms with Crippen LogP contribution in [-0.4, -0.2) is 55.6 Å². The second-order valence-electron chi connectivity index (χ2n) is 9.75. The van der Waals surface area contributed by atoms with Gasteiger partial charge in [0, 0.05) is 12.6 Å². The van der Waals surface area contributed by atoms with Crippen molar-refractivity contribution in [1.29, 1.82) is 0 Å². The van der Waals surface area contributed by atoms with E-state index < -0.39 is 22.0 Å². The third-order valence-electron chi connectivity index (χ3n) is 6.19. The van der Waals surface area contributed by atoms with Gasteiger partial charge in [0.15, 0.2) is 0 Å². The smallest absolute Gasteiger partial charge is 0.268 e. The zero-order valence-electron chi connectivity index (χ0n) is 22.6. The minimum absolute atomic E-state index is 0.0393. The molecule has 4 N–H and O–H groups in total. The van der Waals surface area contributed by atoms with Gasteiger partial charge in [-0.25, -0.2) is 13.1 Å². The van der Waals surface area contributed by atoms with E-state index in [9.17, 15) is 18.3 Å². The van der Waals surface area contributed by atoms with Gasteiger partial charge in [-0.2, -0.15) is 0 Å². The van der Waals surface area contributed by atoms with E-state index in [0.29, 0.717) is 6.54 Å². The van der Waals surface area contributed by atoms with Gasteiger partial charge in [-0.05, 0) is 74.5 Å². The maximum absolute atomic E-state index is 12.7. The predicted octanol–water partition coefficient (Wildman–Crippen LogP) is 3.84. The van der Waals surface area contributed by atoms with E-state index in [0.717, 1.165) is 28.7 Å². The van der Waals surface area contributed by atoms with Crippen LogP contribution in [0.2, 0.25) is 0 Å². The molecule has 3 rings (SSSR count). The van der Waals surface area contributed by atoms with Crippen LogP contribution in [0.25, 0.3) is 11.1 Å². The van der Waals surface area contributed by atoms with Crippen molar-refractivity contribution >= 4 is 15.9 Å². The van der Waals surface area contributed by atoms with E-state index >= 15 is 0 Å². The zero-order valence-corrected chi connectivity index (χ0v) is 23.4. The molecule has 8 nitrogen and oxygen atoms in total. The fourth-order valence-corrected chi connectivity index (χ4v) is 5.10. The van der Waals surface area contributed by atoms with Crippen LogP contribution in [0.1, 0.15) is 54.8 Å². The number of aliphatic hydroxyl groups is 2. The Hall–Kier alpha value is -3.24. The number of aliphatic hydroxyl groups excluding tert-OH is 2. The lowest BCUT2D eigenvalue weighted by molar-refractivity contribution is 0.0975. The lowest BCUT2D eigenvalue weighted by Gasteiger charge is -2.20. The fourth-order valence-electron chi connectivity index (χ4n) is 4.10. The predicted molar refractivity (Wildman–Crippen MR) is 153 cm³/mol. The first kappa shape index (κ1) is 30.3. The van der Waals surface area contributed by atoms with Gasteiger partial charge in [-0.1, -0.05) is 60.7 Å². The Morgan fingerprint density at radius 3 is 2.26 bits per heavy atom. The van der Waals surface area contributed by atoms with Crippen LogP contribution in [0.3, 0.4) is 0 Å². The molecule has 39 heavy (non-hydrogen) atoms. The molecule has 0 unspecified atom stereocenters. The van der Waals surface area contributed by atoms with Crippen molar-refractivity contribution in [3.8, 4) is 16.9 Å². The number of nitrogens with one attached hydrogen (secondary N) is 2. The van der Waals surface area contributed by atoms with Gasteiger partial charge < -0.3 is 20.3 Å². The fraction of sp³-hybridized carbons (Fsp3) is 0.367. The SMILES string of the molecule is CC(C)Oc1cc(-c2ccc(CCN[C@@H](C)[C@@H](O)c3ccccc3)cc2)ccc1C(=O)NS(=O)(=O)CCCO. The highest BCUT2D eigenvalue weighted by Gasteiger charge is 2.20. The van der Waals surface area contributed by atoms with Crippen molar-refractivity contribution in [3.05, 3.63) is 89.5 Å². The molecule has 0 saturated heterocycles. The summed E-state index contributed by atoms with van der Waals surface area (Å²) in [5, 5.41) is 22.8. The molecule has 0 saturated carbocycles. The number of amides is 1. The summed E-state index contributed by atoms with van der Waals surface area (Å²) in [6.45, 7) is 6.05. The number of benzene rings is 3. The summed E-state index contributed by atoms with van der Waals surface area (Å²) in [5.41, 5.74) is 3.89. The van der Waals surface area contributed by atoms with Crippen molar-refractivity contribution in [1.82, 2.24) is 10.0 Å². The van der Waals surface area contributed by atoms with Crippen molar-refractivity contribution < 1.29 is 28.2 Å². The van der Waals surface area contributed by atoms with Crippen molar-refractivity contribution in [2.24, 2.45) is 0 Å². The summed E-state index contributed by atoms with van der Waals surface area (Å²) in [4.78, 5) is 12.7. The van der Waals surface area contributed by atoms with E-state index in [1.807, 2.05) is 75.4 Å². The molecule has 0 fully saturated rings. The Balaban J connectivity index is 1.66. The molecule has 3 aromatic rings. The second-order valence-corrected chi connectivity index (χ2v) is 11.6. The third kappa shape index (κ3) is 9.18. The lowest BCUT2D eigenvalue weighted by atomic mass is 10.0. The van der Waals surface area contributed by atoms with Crippen LogP contribution in [0.5, 0.6) is 5.75 Å². The molecule has 0 aromatic heterocycles. The molecule has 3 aromatic carbocycles. The summed E-state index contributed by atoms with van der Waals surface area (Å²) >= 11 is 0. The standard InChI is InChI=1S/C30H38N2O6S/c1-21(2)38-28-20-26(14-15-27(28)30(35)32-39(36,37)19-7-18-33)24-12-10-23(11-13-24)16-17-31-22(3)29(34)25-8-5-4-6-9-25/h4-6,8-15,20-22,29,31,33-34H,7,16-19H2,1-3H3,(H,32,35)/t22-,29+/m0/s1. The van der Waals surface area contributed by atoms with Gasteiger partial charge in [0.2, 0.25) is 10.0 Å². The highest BCUT2D eigenvalue weighted by Crippen LogP contribution is 2.29. The molecule has 0 aliphatic heterocycles. The van der Waals surface area contributed by atoms with E-state index in [1.165, 1.54) is 0 Å². The summed E-state index contributed by atoms with van der Waals surface area (Å²) in [6, 6.07) is 22.6. The number of carbonyl (C=O) groups is 1. The quantitative estimate of drug-likeness (QED) is 0.239. The Bertz CT molecular complexity index is 1310. The number of rotatable bonds is 14. The Morgan fingerprint density at radius 1 is 0.949 bits per heavy atom. The topological polar surface area (TPSA) is 125 Å². The van der Waals surface area contributed by atoms with Gasteiger partial charge in [0.25, 0.3) is 5.91 Å². The summed E-state index contributed by atoms with van der Waals surface area (Å²) in [5.74, 6) is -0.830. The molecule has 0 aliphatic carbocycles. The highest BCUT2D eigenvalue weighted by atomic mass is 32.2. The minimum atomic E-state index is -3.87. The van der Waals surface area contributed by atoms with Crippen molar-refractivity contribution in [2.75, 3.05) is 18.9 Å². The first-order valence-electron chi connectivity index (χ1n) is 13.1. The molecule has 0 bridgehead atoms. The number of sulfonamides is 1. The summed E-state index contributed by atoms with van der Waals surface area (Å²) in [7, 11) is -3.87. The average Bonchev–Trinajstić information content (AvgIpc) is 2.91. The van der Waals surface area contributed by atoms with Crippen molar-refractivity contribution in [3.63, 3.8) is 0 Å². The normalized spacial score (nSPS) is 13.2. The molecule has 210 valence electrons. The minimum Gasteiger partial charge on any atom is -0.490 e. The number of carbonyl (C=O) groups excluding carboxylic acids is 1. The molecule has 0 heterocycles. The summed E-state index contributed by atoms with van der Waals surface area (Å²) in [6.07, 6.45) is 0.0204. The molecule has 0 aliphatic rings.